The lowest BCUT2D eigenvalue weighted by molar-refractivity contribution is 0.0638. The molecule has 0 aromatic heterocycles. The van der Waals surface area contributed by atoms with Crippen LogP contribution >= 0.6 is 0 Å². The van der Waals surface area contributed by atoms with Gasteiger partial charge in [-0.1, -0.05) is 0 Å². The van der Waals surface area contributed by atoms with Crippen LogP contribution in [0.3, 0.4) is 0 Å². The number of nitrogens with one attached hydrogen (secondary N) is 1. The third-order valence-electron chi connectivity index (χ3n) is 3.99. The van der Waals surface area contributed by atoms with E-state index in [-0.39, 0.29) is 36.6 Å². The molecule has 1 aromatic carbocycles. The molecular weight excluding hydrogens is 326 g/mol. The first-order chi connectivity index (χ1) is 12.0. The minimum Gasteiger partial charge on any atom is -0.395 e. The summed E-state index contributed by atoms with van der Waals surface area (Å²) in [5.74, 6) is -0.695. The summed E-state index contributed by atoms with van der Waals surface area (Å²) in [6.07, 6.45) is 0.568. The predicted molar refractivity (Wildman–Crippen MR) is 91.7 cm³/mol. The van der Waals surface area contributed by atoms with Crippen molar-refractivity contribution in [2.75, 3.05) is 45.3 Å². The van der Waals surface area contributed by atoms with E-state index in [1.165, 1.54) is 15.9 Å². The van der Waals surface area contributed by atoms with Crippen molar-refractivity contribution in [2.24, 2.45) is 0 Å². The number of methoxy groups -OCH3 is 1. The van der Waals surface area contributed by atoms with Crippen molar-refractivity contribution in [2.45, 2.75) is 13.3 Å². The molecule has 25 heavy (non-hydrogen) atoms. The molecule has 0 radical (unpaired) electrons. The highest BCUT2D eigenvalue weighted by molar-refractivity contribution is 6.21. The number of urea groups is 1. The topological polar surface area (TPSA) is 99.2 Å². The highest BCUT2D eigenvalue weighted by Gasteiger charge is 2.35. The molecule has 0 atom stereocenters. The van der Waals surface area contributed by atoms with E-state index in [0.29, 0.717) is 37.4 Å². The fourth-order valence-corrected chi connectivity index (χ4v) is 2.67. The number of amides is 4. The number of hydrogen-bond acceptors (Lipinski definition) is 5. The van der Waals surface area contributed by atoms with Crippen molar-refractivity contribution in [3.8, 4) is 0 Å². The molecule has 136 valence electrons. The number of carbonyl (C=O) groups excluding carboxylic acids is 3. The van der Waals surface area contributed by atoms with Crippen LogP contribution in [0, 0.1) is 0 Å². The summed E-state index contributed by atoms with van der Waals surface area (Å²) < 4.78 is 4.95. The molecule has 1 aromatic rings. The first-order valence-electron chi connectivity index (χ1n) is 8.19. The second-order valence-electron chi connectivity index (χ2n) is 5.60. The van der Waals surface area contributed by atoms with Gasteiger partial charge in [0.2, 0.25) is 0 Å². The number of benzene rings is 1. The monoisotopic (exact) mass is 349 g/mol. The van der Waals surface area contributed by atoms with E-state index in [0.717, 1.165) is 0 Å². The third-order valence-corrected chi connectivity index (χ3v) is 3.99. The number of ether oxygens (including phenoxy) is 1. The number of nitrogens with zero attached hydrogens (tertiary/aromatic N) is 2. The van der Waals surface area contributed by atoms with Crippen LogP contribution < -0.4 is 5.32 Å². The van der Waals surface area contributed by atoms with Crippen LogP contribution in [0.2, 0.25) is 0 Å². The Morgan fingerprint density at radius 1 is 1.28 bits per heavy atom. The van der Waals surface area contributed by atoms with Gasteiger partial charge in [0, 0.05) is 39.0 Å². The van der Waals surface area contributed by atoms with E-state index >= 15 is 0 Å². The standard InChI is InChI=1S/C17H23N3O5/c1-3-19(8-9-21)17(24)18-12-5-6-13-14(11-12)16(23)20(15(13)22)7-4-10-25-2/h5-6,11,21H,3-4,7-10H2,1-2H3,(H,18,24). The number of aliphatic hydroxyl groups is 1. The van der Waals surface area contributed by atoms with Gasteiger partial charge in [0.25, 0.3) is 11.8 Å². The fraction of sp³-hybridized carbons (Fsp3) is 0.471. The van der Waals surface area contributed by atoms with Crippen LogP contribution in [0.4, 0.5) is 10.5 Å². The van der Waals surface area contributed by atoms with E-state index in [4.69, 9.17) is 9.84 Å². The summed E-state index contributed by atoms with van der Waals surface area (Å²) in [7, 11) is 1.56. The van der Waals surface area contributed by atoms with E-state index in [2.05, 4.69) is 5.32 Å². The van der Waals surface area contributed by atoms with Crippen LogP contribution in [0.15, 0.2) is 18.2 Å². The maximum absolute atomic E-state index is 12.4. The number of likely N-dealkylation sites (N-methyl/N-ethyl adjacent to an activating group) is 1. The molecule has 0 fully saturated rings. The fourth-order valence-electron chi connectivity index (χ4n) is 2.67. The molecule has 0 spiro atoms. The van der Waals surface area contributed by atoms with Gasteiger partial charge >= 0.3 is 6.03 Å². The first-order valence-corrected chi connectivity index (χ1v) is 8.19. The highest BCUT2D eigenvalue weighted by Crippen LogP contribution is 2.26. The summed E-state index contributed by atoms with van der Waals surface area (Å²) >= 11 is 0. The number of imide groups is 1. The van der Waals surface area contributed by atoms with Gasteiger partial charge in [0.05, 0.1) is 17.7 Å². The van der Waals surface area contributed by atoms with Gasteiger partial charge in [-0.3, -0.25) is 14.5 Å². The lowest BCUT2D eigenvalue weighted by Gasteiger charge is -2.20. The Kier molecular flexibility index (Phi) is 6.49. The quantitative estimate of drug-likeness (QED) is 0.542. The van der Waals surface area contributed by atoms with Crippen molar-refractivity contribution in [1.82, 2.24) is 9.80 Å². The molecule has 1 aliphatic rings. The number of hydrogen-bond donors (Lipinski definition) is 2. The first kappa shape index (κ1) is 18.9. The molecule has 0 bridgehead atoms. The average Bonchev–Trinajstić information content (AvgIpc) is 2.84. The van der Waals surface area contributed by atoms with E-state index in [9.17, 15) is 14.4 Å². The normalized spacial score (nSPS) is 13.2. The van der Waals surface area contributed by atoms with E-state index < -0.39 is 0 Å². The average molecular weight is 349 g/mol. The predicted octanol–water partition coefficient (Wildman–Crippen LogP) is 1.17. The van der Waals surface area contributed by atoms with Gasteiger partial charge in [-0.25, -0.2) is 4.79 Å². The maximum Gasteiger partial charge on any atom is 0.321 e. The van der Waals surface area contributed by atoms with Crippen molar-refractivity contribution in [1.29, 1.82) is 0 Å². The third kappa shape index (κ3) is 4.15. The summed E-state index contributed by atoms with van der Waals surface area (Å²) in [6, 6.07) is 4.28. The summed E-state index contributed by atoms with van der Waals surface area (Å²) in [4.78, 5) is 39.5. The molecule has 8 nitrogen and oxygen atoms in total. The van der Waals surface area contributed by atoms with Crippen LogP contribution in [-0.2, 0) is 4.74 Å². The molecule has 8 heteroatoms. The smallest absolute Gasteiger partial charge is 0.321 e. The number of fused-ring (bicyclic) bond motifs is 1. The Bertz CT molecular complexity index is 662. The van der Waals surface area contributed by atoms with Gasteiger partial charge in [0.1, 0.15) is 0 Å². The van der Waals surface area contributed by atoms with Gasteiger partial charge in [-0.15, -0.1) is 0 Å². The zero-order chi connectivity index (χ0) is 18.4. The SMILES string of the molecule is CCN(CCO)C(=O)Nc1ccc2c(c1)C(=O)N(CCCOC)C2=O. The van der Waals surface area contributed by atoms with Crippen LogP contribution in [0.25, 0.3) is 0 Å². The lowest BCUT2D eigenvalue weighted by Crippen LogP contribution is -2.36. The molecule has 0 saturated heterocycles. The number of anilines is 1. The van der Waals surface area contributed by atoms with E-state index in [1.807, 2.05) is 0 Å². The van der Waals surface area contributed by atoms with Gasteiger partial charge in [0.15, 0.2) is 0 Å². The Labute approximate surface area is 146 Å². The summed E-state index contributed by atoms with van der Waals surface area (Å²) in [5.41, 5.74) is 1.05. The van der Waals surface area contributed by atoms with Crippen LogP contribution in [-0.4, -0.2) is 72.7 Å². The Morgan fingerprint density at radius 3 is 2.64 bits per heavy atom. The van der Waals surface area contributed by atoms with Crippen molar-refractivity contribution in [3.63, 3.8) is 0 Å². The molecule has 2 N–H and O–H groups in total. The molecule has 1 heterocycles. The number of aliphatic hydroxyl groups excluding tert-OH is 1. The second kappa shape index (κ2) is 8.59. The number of carbonyl (C=O) groups is 3. The maximum atomic E-state index is 12.4. The zero-order valence-electron chi connectivity index (χ0n) is 14.4. The zero-order valence-corrected chi connectivity index (χ0v) is 14.4. The van der Waals surface area contributed by atoms with Crippen molar-refractivity contribution in [3.05, 3.63) is 29.3 Å². The molecule has 0 unspecified atom stereocenters. The van der Waals surface area contributed by atoms with Gasteiger partial charge in [-0.05, 0) is 31.5 Å². The lowest BCUT2D eigenvalue weighted by atomic mass is 10.1. The molecule has 2 rings (SSSR count). The minimum absolute atomic E-state index is 0.130. The summed E-state index contributed by atoms with van der Waals surface area (Å²) in [5, 5.41) is 11.7. The molecule has 4 amide bonds. The van der Waals surface area contributed by atoms with Gasteiger partial charge < -0.3 is 20.1 Å². The molecule has 0 aliphatic carbocycles. The highest BCUT2D eigenvalue weighted by atomic mass is 16.5. The largest absolute Gasteiger partial charge is 0.395 e. The Morgan fingerprint density at radius 2 is 2.00 bits per heavy atom. The van der Waals surface area contributed by atoms with E-state index in [1.54, 1.807) is 26.2 Å². The van der Waals surface area contributed by atoms with Crippen LogP contribution in [0.1, 0.15) is 34.1 Å². The summed E-state index contributed by atoms with van der Waals surface area (Å²) in [6.45, 7) is 3.10. The van der Waals surface area contributed by atoms with Crippen LogP contribution in [0.5, 0.6) is 0 Å². The van der Waals surface area contributed by atoms with Crippen molar-refractivity contribution < 1.29 is 24.2 Å². The molecule has 0 saturated carbocycles. The minimum atomic E-state index is -0.370. The molecule has 1 aliphatic heterocycles. The van der Waals surface area contributed by atoms with Crippen molar-refractivity contribution >= 4 is 23.5 Å². The Hall–Kier alpha value is -2.45. The Balaban J connectivity index is 2.12. The molecular formula is C17H23N3O5. The number of rotatable bonds is 8. The second-order valence-corrected chi connectivity index (χ2v) is 5.60. The van der Waals surface area contributed by atoms with Gasteiger partial charge in [-0.2, -0.15) is 0 Å².